The van der Waals surface area contributed by atoms with Crippen LogP contribution in [0.5, 0.6) is 0 Å². The molecule has 0 saturated carbocycles. The van der Waals surface area contributed by atoms with Gasteiger partial charge in [-0.1, -0.05) is 131 Å². The molecule has 1 N–H and O–H groups in total. The van der Waals surface area contributed by atoms with Gasteiger partial charge >= 0.3 is 5.97 Å². The van der Waals surface area contributed by atoms with Gasteiger partial charge in [0.15, 0.2) is 19.7 Å². The van der Waals surface area contributed by atoms with Crippen LogP contribution < -0.4 is 0 Å². The number of aliphatic hydroxyl groups is 1. The number of rotatable bonds is 29. The molecule has 6 aliphatic heterocycles. The number of sulfone groups is 2. The Kier molecular flexibility index (Phi) is 31.7. The van der Waals surface area contributed by atoms with Crippen LogP contribution in [-0.2, 0) is 57.6 Å². The maximum atomic E-state index is 13.6. The van der Waals surface area contributed by atoms with Crippen LogP contribution in [-0.4, -0.2) is 131 Å². The smallest absolute Gasteiger partial charge is 0.311 e. The van der Waals surface area contributed by atoms with Crippen molar-refractivity contribution in [2.45, 2.75) is 275 Å². The summed E-state index contributed by atoms with van der Waals surface area (Å²) in [4.78, 5) is 12.8. The van der Waals surface area contributed by atoms with Gasteiger partial charge in [-0.2, -0.15) is 0 Å². The highest BCUT2D eigenvalue weighted by atomic mass is 35.5. The number of benzene rings is 2. The van der Waals surface area contributed by atoms with Gasteiger partial charge in [0.1, 0.15) is 0 Å². The van der Waals surface area contributed by atoms with Gasteiger partial charge in [0, 0.05) is 31.3 Å². The molecule has 0 amide bonds. The van der Waals surface area contributed by atoms with Gasteiger partial charge in [-0.25, -0.2) is 16.8 Å². The predicted octanol–water partition coefficient (Wildman–Crippen LogP) is 16.9. The van der Waals surface area contributed by atoms with Crippen LogP contribution in [0.15, 0.2) is 119 Å². The molecule has 20 atom stereocenters. The summed E-state index contributed by atoms with van der Waals surface area (Å²) in [6.07, 6.45) is 15.2. The zero-order chi connectivity index (χ0) is 68.4. The lowest BCUT2D eigenvalue weighted by molar-refractivity contribution is -0.153. The summed E-state index contributed by atoms with van der Waals surface area (Å²) >= 11 is 9.53. The second-order valence-corrected chi connectivity index (χ2v) is 34.3. The summed E-state index contributed by atoms with van der Waals surface area (Å²) in [5.74, 6) is 1.64. The highest BCUT2D eigenvalue weighted by Crippen LogP contribution is 2.46. The van der Waals surface area contributed by atoms with Crippen molar-refractivity contribution in [2.75, 3.05) is 30.1 Å². The SMILES string of the molecule is C=C1C(C[C@@H]2O[C@H](C[C@H](C)CC)[C@H](C)[C@H]2CS(=O)(=O)c2ccccc2)OC(CC[C@@H]2O[C@@H](CCCO)CC2=C)C[C@H]1C.C=C1C(C[C@@H]2O[C@H](C[C@H](C)CC)[C@H](C)[C@H]2CS(=O)(=O)c2ccccc2)OC(CC[C@@H]2O[C@@H](CCCOC(=O)C(C)(C)C)CC2=C)C[C@H]1C.ClCCl. The normalized spacial score (nSPS) is 32.4. The van der Waals surface area contributed by atoms with Gasteiger partial charge in [-0.3, -0.25) is 4.79 Å². The van der Waals surface area contributed by atoms with E-state index in [2.05, 4.69) is 81.7 Å². The van der Waals surface area contributed by atoms with Crippen molar-refractivity contribution in [2.24, 2.45) is 52.8 Å². The summed E-state index contributed by atoms with van der Waals surface area (Å²) in [5, 5.41) is 9.36. The molecule has 93 heavy (non-hydrogen) atoms. The second kappa shape index (κ2) is 37.3. The van der Waals surface area contributed by atoms with Gasteiger partial charge in [-0.15, -0.1) is 23.2 Å². The fourth-order valence-corrected chi connectivity index (χ4v) is 18.2. The van der Waals surface area contributed by atoms with Gasteiger partial charge in [-0.05, 0) is 193 Å². The highest BCUT2D eigenvalue weighted by Gasteiger charge is 2.48. The summed E-state index contributed by atoms with van der Waals surface area (Å²) in [6.45, 7) is 41.3. The average Bonchev–Trinajstić information content (AvgIpc) is 1.71. The van der Waals surface area contributed by atoms with Crippen molar-refractivity contribution in [3.05, 3.63) is 109 Å². The Balaban J connectivity index is 0.000000285. The molecule has 0 aliphatic carbocycles. The van der Waals surface area contributed by atoms with Crippen molar-refractivity contribution in [1.82, 2.24) is 0 Å². The number of carbonyl (C=O) groups is 1. The molecular weight excluding hydrogens is 1260 g/mol. The molecule has 0 radical (unpaired) electrons. The van der Waals surface area contributed by atoms with Crippen molar-refractivity contribution in [1.29, 1.82) is 0 Å². The van der Waals surface area contributed by atoms with Crippen LogP contribution in [0.4, 0.5) is 0 Å². The first-order valence-electron chi connectivity index (χ1n) is 35.1. The van der Waals surface area contributed by atoms with Crippen molar-refractivity contribution in [3.63, 3.8) is 0 Å². The number of carbonyl (C=O) groups excluding carboxylic acids is 1. The molecule has 13 nitrogen and oxygen atoms in total. The standard InChI is InChI=1S/C40H62O7S.C35H54O6S.CH2Cl2/c1-10-26(2)21-36-30(6)34(25-48(42,43)33-16-12-11-13-17-33)38(47-36)24-37-29(5)27(3)22-32(46-37)18-19-35-28(4)23-31(45-35)15-14-20-44-39(41)40(7,8)9;1-7-23(2)18-33-27(6)31(22-42(37,38)30-13-9-8-10-14-30)35(41-33)21-34-26(5)24(3)19-29(40-34)15-16-32-25(4)20-28(39-32)12-11-17-36;2-1-3/h11-13,16-17,26-27,30-32,34-38H,4-5,10,14-15,18-25H2,1-3,6-9H3;8-10,13-14,23-24,27-29,31-36H,4-5,7,11-12,15-22H2,1-3,6H3;1H2/t26-,27-,30-,31+,32?,34-,35+,36-,37?,38+;23-,24-,27-,28+,29?,31-,32+,33-,34?,35+;/m11./s1. The number of hydrogen-bond acceptors (Lipinski definition) is 13. The lowest BCUT2D eigenvalue weighted by Crippen LogP contribution is -2.38. The molecule has 17 heteroatoms. The van der Waals surface area contributed by atoms with Crippen molar-refractivity contribution < 1.29 is 59.9 Å². The van der Waals surface area contributed by atoms with Crippen LogP contribution in [0.2, 0.25) is 0 Å². The van der Waals surface area contributed by atoms with E-state index in [0.29, 0.717) is 52.9 Å². The van der Waals surface area contributed by atoms with E-state index in [1.54, 1.807) is 48.5 Å². The number of aliphatic hydroxyl groups excluding tert-OH is 1. The number of ether oxygens (including phenoxy) is 7. The lowest BCUT2D eigenvalue weighted by Gasteiger charge is -2.38. The van der Waals surface area contributed by atoms with Crippen molar-refractivity contribution in [3.8, 4) is 0 Å². The van der Waals surface area contributed by atoms with E-state index in [1.165, 1.54) is 0 Å². The summed E-state index contributed by atoms with van der Waals surface area (Å²) in [5.41, 5.74) is 3.94. The molecule has 8 rings (SSSR count). The summed E-state index contributed by atoms with van der Waals surface area (Å²) in [7, 11) is -6.93. The topological polar surface area (TPSA) is 170 Å². The van der Waals surface area contributed by atoms with Crippen molar-refractivity contribution >= 4 is 48.8 Å². The van der Waals surface area contributed by atoms with Gasteiger partial charge in [0.05, 0.1) is 112 Å². The van der Waals surface area contributed by atoms with E-state index in [0.717, 1.165) is 125 Å². The maximum Gasteiger partial charge on any atom is 0.311 e. The zero-order valence-corrected chi connectivity index (χ0v) is 61.5. The fraction of sp³-hybridized carbons (Fsp3) is 0.724. The van der Waals surface area contributed by atoms with E-state index in [9.17, 15) is 21.6 Å². The fourth-order valence-electron chi connectivity index (χ4n) is 14.6. The third-order valence-electron chi connectivity index (χ3n) is 21.1. The minimum atomic E-state index is -3.48. The first-order valence-corrected chi connectivity index (χ1v) is 39.5. The Labute approximate surface area is 572 Å². The Morgan fingerprint density at radius 1 is 0.570 bits per heavy atom. The van der Waals surface area contributed by atoms with Gasteiger partial charge in [0.2, 0.25) is 0 Å². The monoisotopic (exact) mass is 1370 g/mol. The molecule has 6 aliphatic rings. The average molecular weight is 1370 g/mol. The predicted molar refractivity (Wildman–Crippen MR) is 376 cm³/mol. The second-order valence-electron chi connectivity index (χ2n) is 29.4. The van der Waals surface area contributed by atoms with E-state index in [4.69, 9.17) is 61.5 Å². The Morgan fingerprint density at radius 2 is 0.946 bits per heavy atom. The highest BCUT2D eigenvalue weighted by molar-refractivity contribution is 7.91. The zero-order valence-electron chi connectivity index (χ0n) is 58.3. The van der Waals surface area contributed by atoms with Crippen LogP contribution in [0.1, 0.15) is 192 Å². The largest absolute Gasteiger partial charge is 0.465 e. The molecule has 2 aromatic carbocycles. The first kappa shape index (κ1) is 79.1. The molecule has 6 saturated heterocycles. The van der Waals surface area contributed by atoms with Gasteiger partial charge in [0.25, 0.3) is 0 Å². The Hall–Kier alpha value is -2.93. The third kappa shape index (κ3) is 23.3. The van der Waals surface area contributed by atoms with Crippen LogP contribution in [0.3, 0.4) is 0 Å². The molecule has 4 unspecified atom stereocenters. The van der Waals surface area contributed by atoms with Crippen LogP contribution in [0.25, 0.3) is 0 Å². The van der Waals surface area contributed by atoms with E-state index < -0.39 is 25.1 Å². The third-order valence-corrected chi connectivity index (χ3v) is 24.7. The summed E-state index contributed by atoms with van der Waals surface area (Å²) in [6, 6.07) is 17.6. The van der Waals surface area contributed by atoms with E-state index in [1.807, 2.05) is 32.9 Å². The maximum absolute atomic E-state index is 13.6. The first-order chi connectivity index (χ1) is 44.0. The Bertz CT molecular complexity index is 2880. The Morgan fingerprint density at radius 3 is 1.31 bits per heavy atom. The molecular formula is C76H118Cl2O13S2. The van der Waals surface area contributed by atoms with Crippen LogP contribution >= 0.6 is 23.2 Å². The number of halogens is 2. The number of esters is 1. The minimum Gasteiger partial charge on any atom is -0.465 e. The van der Waals surface area contributed by atoms with E-state index in [-0.39, 0.29) is 126 Å². The molecule has 0 aromatic heterocycles. The summed E-state index contributed by atoms with van der Waals surface area (Å²) < 4.78 is 99.2. The molecule has 0 bridgehead atoms. The number of hydrogen-bond donors (Lipinski definition) is 1. The molecule has 2 aromatic rings. The van der Waals surface area contributed by atoms with E-state index >= 15 is 0 Å². The molecule has 526 valence electrons. The molecule has 6 heterocycles. The quantitative estimate of drug-likeness (QED) is 0.0354. The minimum absolute atomic E-state index is 0.00233. The molecule has 6 fully saturated rings. The van der Waals surface area contributed by atoms with Gasteiger partial charge < -0.3 is 38.3 Å². The molecule has 0 spiro atoms. The lowest BCUT2D eigenvalue weighted by atomic mass is 9.81. The number of alkyl halides is 2. The van der Waals surface area contributed by atoms with Crippen LogP contribution in [0, 0.1) is 52.8 Å².